The molecule has 1 heterocycles. The summed E-state index contributed by atoms with van der Waals surface area (Å²) in [5.41, 5.74) is 5.66. The number of nitrogens with two attached hydrogens (primary N) is 1. The highest BCUT2D eigenvalue weighted by atomic mass is 79.9. The van der Waals surface area contributed by atoms with Crippen molar-refractivity contribution in [3.63, 3.8) is 0 Å². The van der Waals surface area contributed by atoms with E-state index in [1.165, 1.54) is 29.5 Å². The predicted molar refractivity (Wildman–Crippen MR) is 82.1 cm³/mol. The molecule has 1 aromatic carbocycles. The van der Waals surface area contributed by atoms with Gasteiger partial charge in [-0.3, -0.25) is 4.72 Å². The third-order valence-electron chi connectivity index (χ3n) is 2.37. The molecule has 0 amide bonds. The van der Waals surface area contributed by atoms with Gasteiger partial charge in [0.15, 0.2) is 0 Å². The van der Waals surface area contributed by atoms with Crippen LogP contribution in [0.2, 0.25) is 5.02 Å². The van der Waals surface area contributed by atoms with Gasteiger partial charge < -0.3 is 5.73 Å². The van der Waals surface area contributed by atoms with Gasteiger partial charge in [0.05, 0.1) is 14.5 Å². The summed E-state index contributed by atoms with van der Waals surface area (Å²) in [6, 6.07) is 5.08. The summed E-state index contributed by atoms with van der Waals surface area (Å²) in [6.07, 6.45) is 0. The fourth-order valence-corrected chi connectivity index (χ4v) is 5.24. The smallest absolute Gasteiger partial charge is 0.263 e. The number of nitrogens with one attached hydrogen (secondary N) is 1. The number of halogens is 3. The molecule has 0 saturated carbocycles. The van der Waals surface area contributed by atoms with E-state index in [0.29, 0.717) is 3.79 Å². The largest absolute Gasteiger partial charge is 0.326 e. The molecule has 0 aliphatic rings. The van der Waals surface area contributed by atoms with Crippen molar-refractivity contribution in [3.05, 3.63) is 43.8 Å². The Bertz CT molecular complexity index is 749. The molecule has 1 aromatic heterocycles. The first-order valence-electron chi connectivity index (χ1n) is 5.29. The molecule has 0 aliphatic heterocycles. The van der Waals surface area contributed by atoms with E-state index in [1.807, 2.05) is 0 Å². The second-order valence-electron chi connectivity index (χ2n) is 3.79. The summed E-state index contributed by atoms with van der Waals surface area (Å²) < 4.78 is 40.3. The Morgan fingerprint density at radius 3 is 2.65 bits per heavy atom. The van der Waals surface area contributed by atoms with Crippen LogP contribution in [0.4, 0.5) is 10.1 Å². The van der Waals surface area contributed by atoms with Crippen molar-refractivity contribution in [2.75, 3.05) is 4.72 Å². The first kappa shape index (κ1) is 15.7. The number of anilines is 1. The van der Waals surface area contributed by atoms with Gasteiger partial charge in [0.2, 0.25) is 0 Å². The highest BCUT2D eigenvalue weighted by Crippen LogP contribution is 2.33. The Kier molecular flexibility index (Phi) is 4.70. The lowest BCUT2D eigenvalue weighted by Gasteiger charge is -2.07. The van der Waals surface area contributed by atoms with Crippen molar-refractivity contribution in [1.82, 2.24) is 0 Å². The molecule has 0 aliphatic carbocycles. The van der Waals surface area contributed by atoms with Crippen LogP contribution in [0.25, 0.3) is 0 Å². The van der Waals surface area contributed by atoms with Gasteiger partial charge in [-0.1, -0.05) is 11.6 Å². The van der Waals surface area contributed by atoms with Crippen LogP contribution < -0.4 is 10.5 Å². The van der Waals surface area contributed by atoms with Gasteiger partial charge in [-0.15, -0.1) is 11.3 Å². The van der Waals surface area contributed by atoms with Crippen LogP contribution in [0.5, 0.6) is 0 Å². The second-order valence-corrected chi connectivity index (χ2v) is 8.30. The molecule has 0 fully saturated rings. The first-order valence-corrected chi connectivity index (χ1v) is 8.76. The van der Waals surface area contributed by atoms with Gasteiger partial charge in [0, 0.05) is 11.4 Å². The Morgan fingerprint density at radius 1 is 1.40 bits per heavy atom. The van der Waals surface area contributed by atoms with Gasteiger partial charge in [0.1, 0.15) is 10.7 Å². The van der Waals surface area contributed by atoms with Crippen LogP contribution >= 0.6 is 38.9 Å². The summed E-state index contributed by atoms with van der Waals surface area (Å²) in [6.45, 7) is 0.251. The van der Waals surface area contributed by atoms with Crippen molar-refractivity contribution >= 4 is 54.6 Å². The number of thiophene rings is 1. The molecule has 2 aromatic rings. The number of rotatable bonds is 4. The highest BCUT2D eigenvalue weighted by molar-refractivity contribution is 9.11. The van der Waals surface area contributed by atoms with E-state index in [2.05, 4.69) is 20.7 Å². The van der Waals surface area contributed by atoms with Crippen molar-refractivity contribution in [3.8, 4) is 0 Å². The van der Waals surface area contributed by atoms with Crippen molar-refractivity contribution in [2.45, 2.75) is 11.4 Å². The van der Waals surface area contributed by atoms with E-state index >= 15 is 0 Å². The van der Waals surface area contributed by atoms with E-state index in [9.17, 15) is 12.8 Å². The van der Waals surface area contributed by atoms with Crippen LogP contribution in [0.1, 0.15) is 4.88 Å². The molecule has 108 valence electrons. The fraction of sp³-hybridized carbons (Fsp3) is 0.0909. The average molecular weight is 400 g/mol. The number of sulfonamides is 1. The molecule has 0 atom stereocenters. The van der Waals surface area contributed by atoms with Gasteiger partial charge >= 0.3 is 0 Å². The molecule has 20 heavy (non-hydrogen) atoms. The van der Waals surface area contributed by atoms with Gasteiger partial charge in [0.25, 0.3) is 10.0 Å². The van der Waals surface area contributed by atoms with Crippen LogP contribution in [-0.2, 0) is 16.6 Å². The topological polar surface area (TPSA) is 72.2 Å². The molecular formula is C11H9BrClFN2O2S2. The molecular weight excluding hydrogens is 391 g/mol. The van der Waals surface area contributed by atoms with E-state index in [-0.39, 0.29) is 22.2 Å². The molecule has 0 unspecified atom stereocenters. The van der Waals surface area contributed by atoms with E-state index in [0.717, 1.165) is 10.9 Å². The summed E-state index contributed by atoms with van der Waals surface area (Å²) in [5.74, 6) is -0.614. The minimum atomic E-state index is -3.79. The van der Waals surface area contributed by atoms with E-state index in [4.69, 9.17) is 17.3 Å². The lowest BCUT2D eigenvalue weighted by atomic mass is 10.3. The summed E-state index contributed by atoms with van der Waals surface area (Å²) >= 11 is 10.0. The Labute approximate surface area is 132 Å². The first-order chi connectivity index (χ1) is 9.33. The van der Waals surface area contributed by atoms with Gasteiger partial charge in [-0.05, 0) is 40.2 Å². The lowest BCUT2D eigenvalue weighted by molar-refractivity contribution is 0.601. The second kappa shape index (κ2) is 5.98. The standard InChI is InChI=1S/C11H9BrClFN2O2S2/c12-11-10(4-7(5-15)19-11)20(17,18)16-6-1-2-9(14)8(13)3-6/h1-4,16H,5,15H2. The third-order valence-corrected chi connectivity index (χ3v) is 6.31. The summed E-state index contributed by atoms with van der Waals surface area (Å²) in [7, 11) is -3.79. The molecule has 9 heteroatoms. The Morgan fingerprint density at radius 2 is 2.10 bits per heavy atom. The Balaban J connectivity index is 2.35. The highest BCUT2D eigenvalue weighted by Gasteiger charge is 2.21. The maximum atomic E-state index is 13.0. The summed E-state index contributed by atoms with van der Waals surface area (Å²) in [5, 5.41) is -0.155. The minimum absolute atomic E-state index is 0.0865. The molecule has 3 N–H and O–H groups in total. The fourth-order valence-electron chi connectivity index (χ4n) is 1.45. The van der Waals surface area contributed by atoms with Crippen LogP contribution in [0.3, 0.4) is 0 Å². The van der Waals surface area contributed by atoms with Crippen LogP contribution in [0, 0.1) is 5.82 Å². The molecule has 4 nitrogen and oxygen atoms in total. The van der Waals surface area contributed by atoms with Gasteiger partial charge in [-0.25, -0.2) is 12.8 Å². The Hall–Kier alpha value is -0.670. The maximum absolute atomic E-state index is 13.0. The molecule has 0 spiro atoms. The van der Waals surface area contributed by atoms with E-state index in [1.54, 1.807) is 0 Å². The molecule has 0 bridgehead atoms. The summed E-state index contributed by atoms with van der Waals surface area (Å²) in [4.78, 5) is 0.817. The maximum Gasteiger partial charge on any atom is 0.263 e. The zero-order chi connectivity index (χ0) is 14.9. The number of hydrogen-bond donors (Lipinski definition) is 2. The SMILES string of the molecule is NCc1cc(S(=O)(=O)Nc2ccc(F)c(Cl)c2)c(Br)s1. The van der Waals surface area contributed by atoms with Crippen molar-refractivity contribution < 1.29 is 12.8 Å². The van der Waals surface area contributed by atoms with Crippen molar-refractivity contribution in [2.24, 2.45) is 5.73 Å². The van der Waals surface area contributed by atoms with E-state index < -0.39 is 15.8 Å². The molecule has 0 radical (unpaired) electrons. The molecule has 2 rings (SSSR count). The quantitative estimate of drug-likeness (QED) is 0.825. The average Bonchev–Trinajstić information content (AvgIpc) is 2.76. The van der Waals surface area contributed by atoms with Gasteiger partial charge in [-0.2, -0.15) is 0 Å². The zero-order valence-corrected chi connectivity index (χ0v) is 13.8. The predicted octanol–water partition coefficient (Wildman–Crippen LogP) is 3.56. The number of benzene rings is 1. The van der Waals surface area contributed by atoms with Crippen LogP contribution in [0.15, 0.2) is 32.9 Å². The lowest BCUT2D eigenvalue weighted by Crippen LogP contribution is -2.12. The monoisotopic (exact) mass is 398 g/mol. The third kappa shape index (κ3) is 3.32. The van der Waals surface area contributed by atoms with Crippen molar-refractivity contribution in [1.29, 1.82) is 0 Å². The molecule has 0 saturated heterocycles. The normalized spacial score (nSPS) is 11.6. The number of hydrogen-bond acceptors (Lipinski definition) is 4. The van der Waals surface area contributed by atoms with Crippen LogP contribution in [-0.4, -0.2) is 8.42 Å². The zero-order valence-electron chi connectivity index (χ0n) is 9.86. The minimum Gasteiger partial charge on any atom is -0.326 e.